The van der Waals surface area contributed by atoms with Crippen LogP contribution in [0.2, 0.25) is 5.02 Å². The SMILES string of the molecule is COC(=O)C1=C(C)N(C)C(=O)N[C@@H]1c1cccc(O)c1Cl. The van der Waals surface area contributed by atoms with Gasteiger partial charge in [-0.25, -0.2) is 9.59 Å². The summed E-state index contributed by atoms with van der Waals surface area (Å²) in [4.78, 5) is 25.3. The number of phenols is 1. The zero-order chi connectivity index (χ0) is 15.7. The second-order valence-electron chi connectivity index (χ2n) is 4.61. The lowest BCUT2D eigenvalue weighted by Gasteiger charge is -2.33. The van der Waals surface area contributed by atoms with Crippen LogP contribution in [0, 0.1) is 0 Å². The fourth-order valence-corrected chi connectivity index (χ4v) is 2.44. The molecule has 21 heavy (non-hydrogen) atoms. The molecule has 0 aromatic heterocycles. The Labute approximate surface area is 126 Å². The molecule has 0 spiro atoms. The number of allylic oxidation sites excluding steroid dienone is 1. The number of rotatable bonds is 2. The number of urea groups is 1. The number of hydrogen-bond acceptors (Lipinski definition) is 4. The minimum Gasteiger partial charge on any atom is -0.506 e. The van der Waals surface area contributed by atoms with Crippen molar-refractivity contribution in [2.75, 3.05) is 14.2 Å². The number of amides is 2. The fraction of sp³-hybridized carbons (Fsp3) is 0.286. The number of aromatic hydroxyl groups is 1. The van der Waals surface area contributed by atoms with E-state index in [1.54, 1.807) is 26.1 Å². The van der Waals surface area contributed by atoms with Gasteiger partial charge in [0, 0.05) is 18.3 Å². The van der Waals surface area contributed by atoms with Crippen LogP contribution in [0.1, 0.15) is 18.5 Å². The van der Waals surface area contributed by atoms with Gasteiger partial charge in [0.1, 0.15) is 5.75 Å². The van der Waals surface area contributed by atoms with E-state index in [1.807, 2.05) is 0 Å². The lowest BCUT2D eigenvalue weighted by Crippen LogP contribution is -2.46. The molecule has 0 fully saturated rings. The Morgan fingerprint density at radius 2 is 2.14 bits per heavy atom. The van der Waals surface area contributed by atoms with E-state index in [-0.39, 0.29) is 22.4 Å². The van der Waals surface area contributed by atoms with E-state index in [0.717, 1.165) is 0 Å². The van der Waals surface area contributed by atoms with E-state index in [0.29, 0.717) is 11.3 Å². The molecule has 7 heteroatoms. The van der Waals surface area contributed by atoms with E-state index in [2.05, 4.69) is 5.32 Å². The number of hydrogen-bond donors (Lipinski definition) is 2. The molecule has 112 valence electrons. The third-order valence-corrected chi connectivity index (χ3v) is 3.89. The van der Waals surface area contributed by atoms with Crippen LogP contribution in [0.15, 0.2) is 29.5 Å². The van der Waals surface area contributed by atoms with Crippen LogP contribution in [0.4, 0.5) is 4.79 Å². The number of phenolic OH excluding ortho intramolecular Hbond substituents is 1. The number of esters is 1. The first kappa shape index (κ1) is 15.2. The van der Waals surface area contributed by atoms with Crippen molar-refractivity contribution < 1.29 is 19.4 Å². The first-order chi connectivity index (χ1) is 9.88. The van der Waals surface area contributed by atoms with Gasteiger partial charge >= 0.3 is 12.0 Å². The van der Waals surface area contributed by atoms with E-state index < -0.39 is 12.0 Å². The topological polar surface area (TPSA) is 78.9 Å². The zero-order valence-electron chi connectivity index (χ0n) is 11.8. The van der Waals surface area contributed by atoms with Crippen LogP contribution in [-0.2, 0) is 9.53 Å². The Morgan fingerprint density at radius 3 is 2.76 bits per heavy atom. The molecular formula is C14H15ClN2O4. The molecule has 1 aromatic carbocycles. The molecule has 1 atom stereocenters. The van der Waals surface area contributed by atoms with Gasteiger partial charge < -0.3 is 20.1 Å². The number of methoxy groups -OCH3 is 1. The molecule has 0 radical (unpaired) electrons. The van der Waals surface area contributed by atoms with Crippen LogP contribution in [0.3, 0.4) is 0 Å². The van der Waals surface area contributed by atoms with Crippen molar-refractivity contribution in [3.8, 4) is 5.75 Å². The Bertz CT molecular complexity index is 642. The molecule has 0 saturated carbocycles. The molecule has 0 saturated heterocycles. The standard InChI is InChI=1S/C14H15ClN2O4/c1-7-10(13(19)21-3)12(16-14(20)17(7)2)8-5-4-6-9(18)11(8)15/h4-6,12,18H,1-3H3,(H,16,20)/t12-/m1/s1. The van der Waals surface area contributed by atoms with Crippen molar-refractivity contribution in [3.63, 3.8) is 0 Å². The summed E-state index contributed by atoms with van der Waals surface area (Å²) in [6.07, 6.45) is 0. The van der Waals surface area contributed by atoms with Crippen LogP contribution >= 0.6 is 11.6 Å². The smallest absolute Gasteiger partial charge is 0.337 e. The highest BCUT2D eigenvalue weighted by Gasteiger charge is 2.35. The highest BCUT2D eigenvalue weighted by atomic mass is 35.5. The molecule has 0 aliphatic carbocycles. The van der Waals surface area contributed by atoms with Gasteiger partial charge in [-0.15, -0.1) is 0 Å². The largest absolute Gasteiger partial charge is 0.506 e. The molecule has 0 bridgehead atoms. The van der Waals surface area contributed by atoms with E-state index in [4.69, 9.17) is 16.3 Å². The Kier molecular flexibility index (Phi) is 4.09. The Morgan fingerprint density at radius 1 is 1.48 bits per heavy atom. The number of carbonyl (C=O) groups excluding carboxylic acids is 2. The van der Waals surface area contributed by atoms with Crippen molar-refractivity contribution in [3.05, 3.63) is 40.1 Å². The molecule has 1 aliphatic rings. The Balaban J connectivity index is 2.62. The summed E-state index contributed by atoms with van der Waals surface area (Å²) in [6, 6.07) is 3.50. The first-order valence-corrected chi connectivity index (χ1v) is 6.57. The van der Waals surface area contributed by atoms with Gasteiger partial charge in [-0.3, -0.25) is 0 Å². The predicted molar refractivity (Wildman–Crippen MR) is 76.9 cm³/mol. The second-order valence-corrected chi connectivity index (χ2v) is 4.99. The summed E-state index contributed by atoms with van der Waals surface area (Å²) in [5, 5.41) is 12.5. The maximum absolute atomic E-state index is 12.0. The van der Waals surface area contributed by atoms with Gasteiger partial charge in [-0.05, 0) is 13.0 Å². The second kappa shape index (κ2) is 5.65. The first-order valence-electron chi connectivity index (χ1n) is 6.19. The predicted octanol–water partition coefficient (Wildman–Crippen LogP) is 2.19. The maximum atomic E-state index is 12.0. The number of ether oxygens (including phenoxy) is 1. The lowest BCUT2D eigenvalue weighted by atomic mass is 9.95. The van der Waals surface area contributed by atoms with Crippen LogP contribution in [0.5, 0.6) is 5.75 Å². The number of halogens is 1. The number of nitrogens with zero attached hydrogens (tertiary/aromatic N) is 1. The van der Waals surface area contributed by atoms with Crippen LogP contribution < -0.4 is 5.32 Å². The molecule has 1 aromatic rings. The van der Waals surface area contributed by atoms with Gasteiger partial charge in [0.2, 0.25) is 0 Å². The number of benzene rings is 1. The maximum Gasteiger partial charge on any atom is 0.337 e. The average Bonchev–Trinajstić information content (AvgIpc) is 2.46. The highest BCUT2D eigenvalue weighted by Crippen LogP contribution is 2.37. The minimum absolute atomic E-state index is 0.0848. The molecular weight excluding hydrogens is 296 g/mol. The quantitative estimate of drug-likeness (QED) is 0.821. The summed E-state index contributed by atoms with van der Waals surface area (Å²) < 4.78 is 4.79. The summed E-state index contributed by atoms with van der Waals surface area (Å²) in [6.45, 7) is 1.65. The van der Waals surface area contributed by atoms with Gasteiger partial charge in [-0.2, -0.15) is 0 Å². The molecule has 1 heterocycles. The fourth-order valence-electron chi connectivity index (χ4n) is 2.20. The third kappa shape index (κ3) is 2.54. The molecule has 0 unspecified atom stereocenters. The summed E-state index contributed by atoms with van der Waals surface area (Å²) in [5.41, 5.74) is 1.17. The van der Waals surface area contributed by atoms with Crippen molar-refractivity contribution in [1.82, 2.24) is 10.2 Å². The number of carbonyl (C=O) groups is 2. The van der Waals surface area contributed by atoms with Crippen LogP contribution in [-0.4, -0.2) is 36.2 Å². The minimum atomic E-state index is -0.777. The zero-order valence-corrected chi connectivity index (χ0v) is 12.6. The van der Waals surface area contributed by atoms with Crippen molar-refractivity contribution in [1.29, 1.82) is 0 Å². The lowest BCUT2D eigenvalue weighted by molar-refractivity contribution is -0.136. The normalized spacial score (nSPS) is 18.6. The van der Waals surface area contributed by atoms with Crippen LogP contribution in [0.25, 0.3) is 0 Å². The van der Waals surface area contributed by atoms with E-state index in [1.165, 1.54) is 18.1 Å². The summed E-state index contributed by atoms with van der Waals surface area (Å²) in [7, 11) is 2.81. The van der Waals surface area contributed by atoms with Crippen molar-refractivity contribution in [2.24, 2.45) is 0 Å². The summed E-state index contributed by atoms with van der Waals surface area (Å²) >= 11 is 6.08. The van der Waals surface area contributed by atoms with E-state index in [9.17, 15) is 14.7 Å². The molecule has 2 rings (SSSR count). The third-order valence-electron chi connectivity index (χ3n) is 3.48. The van der Waals surface area contributed by atoms with Gasteiger partial charge in [-0.1, -0.05) is 23.7 Å². The van der Waals surface area contributed by atoms with Gasteiger partial charge in [0.05, 0.1) is 23.7 Å². The monoisotopic (exact) mass is 310 g/mol. The Hall–Kier alpha value is -2.21. The molecule has 1 aliphatic heterocycles. The van der Waals surface area contributed by atoms with Crippen molar-refractivity contribution >= 4 is 23.6 Å². The van der Waals surface area contributed by atoms with Gasteiger partial charge in [0.25, 0.3) is 0 Å². The van der Waals surface area contributed by atoms with Crippen molar-refractivity contribution in [2.45, 2.75) is 13.0 Å². The molecule has 2 amide bonds. The average molecular weight is 311 g/mol. The molecule has 6 nitrogen and oxygen atoms in total. The van der Waals surface area contributed by atoms with E-state index >= 15 is 0 Å². The highest BCUT2D eigenvalue weighted by molar-refractivity contribution is 6.33. The number of nitrogens with one attached hydrogen (secondary N) is 1. The summed E-state index contributed by atoms with van der Waals surface area (Å²) in [5.74, 6) is -0.687. The molecule has 2 N–H and O–H groups in total. The van der Waals surface area contributed by atoms with Gasteiger partial charge in [0.15, 0.2) is 0 Å².